The number of alkyl carbamates (subject to hydrolysis) is 1. The number of hydrogen-bond acceptors (Lipinski definition) is 4. The Kier molecular flexibility index (Phi) is 5.49. The van der Waals surface area contributed by atoms with Crippen molar-refractivity contribution in [2.75, 3.05) is 0 Å². The molecule has 122 valence electrons. The summed E-state index contributed by atoms with van der Waals surface area (Å²) in [5, 5.41) is 16.3. The van der Waals surface area contributed by atoms with Crippen LogP contribution in [0.1, 0.15) is 65.7 Å². The first-order chi connectivity index (χ1) is 9.83. The maximum absolute atomic E-state index is 11.9. The molecule has 0 radical (unpaired) electrons. The summed E-state index contributed by atoms with van der Waals surface area (Å²) in [6.45, 7) is 5.64. The van der Waals surface area contributed by atoms with Crippen molar-refractivity contribution < 1.29 is 14.6 Å². The highest BCUT2D eigenvalue weighted by Gasteiger charge is 2.32. The summed E-state index contributed by atoms with van der Waals surface area (Å²) in [6.07, 6.45) is 6.61. The first-order valence-electron chi connectivity index (χ1n) is 8.27. The summed E-state index contributed by atoms with van der Waals surface area (Å²) in [5.41, 5.74) is -0.453. The van der Waals surface area contributed by atoms with E-state index in [0.29, 0.717) is 12.1 Å². The molecular formula is C16H30N2O3. The van der Waals surface area contributed by atoms with Gasteiger partial charge in [0, 0.05) is 18.1 Å². The van der Waals surface area contributed by atoms with Gasteiger partial charge in [0.1, 0.15) is 5.60 Å². The van der Waals surface area contributed by atoms with Crippen molar-refractivity contribution in [3.8, 4) is 0 Å². The molecule has 2 aliphatic rings. The fourth-order valence-corrected chi connectivity index (χ4v) is 3.34. The van der Waals surface area contributed by atoms with Crippen LogP contribution in [0.4, 0.5) is 4.79 Å². The minimum absolute atomic E-state index is 0.123. The normalized spacial score (nSPS) is 33.7. The smallest absolute Gasteiger partial charge is 0.407 e. The van der Waals surface area contributed by atoms with Gasteiger partial charge in [-0.15, -0.1) is 0 Å². The molecule has 5 heteroatoms. The Morgan fingerprint density at radius 2 is 1.67 bits per heavy atom. The van der Waals surface area contributed by atoms with Gasteiger partial charge in [-0.25, -0.2) is 4.79 Å². The van der Waals surface area contributed by atoms with Crippen LogP contribution in [0.25, 0.3) is 0 Å². The number of carbonyl (C=O) groups is 1. The van der Waals surface area contributed by atoms with E-state index in [-0.39, 0.29) is 18.2 Å². The molecule has 0 saturated heterocycles. The highest BCUT2D eigenvalue weighted by Crippen LogP contribution is 2.24. The van der Waals surface area contributed by atoms with Crippen molar-refractivity contribution in [2.45, 2.75) is 95.5 Å². The van der Waals surface area contributed by atoms with Gasteiger partial charge < -0.3 is 20.5 Å². The number of rotatable bonds is 3. The van der Waals surface area contributed by atoms with E-state index in [1.165, 1.54) is 0 Å². The van der Waals surface area contributed by atoms with E-state index in [1.54, 1.807) is 0 Å². The van der Waals surface area contributed by atoms with E-state index in [9.17, 15) is 9.90 Å². The van der Waals surface area contributed by atoms with Crippen molar-refractivity contribution in [3.63, 3.8) is 0 Å². The third kappa shape index (κ3) is 5.47. The van der Waals surface area contributed by atoms with E-state index in [0.717, 1.165) is 44.9 Å². The molecule has 0 aromatic heterocycles. The first kappa shape index (κ1) is 16.6. The second kappa shape index (κ2) is 6.97. The zero-order valence-corrected chi connectivity index (χ0v) is 13.5. The molecule has 2 saturated carbocycles. The van der Waals surface area contributed by atoms with Gasteiger partial charge >= 0.3 is 6.09 Å². The zero-order valence-electron chi connectivity index (χ0n) is 13.5. The fourth-order valence-electron chi connectivity index (χ4n) is 3.34. The lowest BCUT2D eigenvalue weighted by Crippen LogP contribution is -2.51. The molecule has 21 heavy (non-hydrogen) atoms. The number of aliphatic hydroxyl groups excluding tert-OH is 1. The second-order valence-electron chi connectivity index (χ2n) is 7.46. The SMILES string of the molecule is CC(C)(C)OC(=O)N[C@H]1CCC[C@H]1NC1CCC(O)CC1. The Morgan fingerprint density at radius 1 is 1.05 bits per heavy atom. The Balaban J connectivity index is 1.79. The number of amides is 1. The van der Waals surface area contributed by atoms with Crippen LogP contribution in [0.15, 0.2) is 0 Å². The molecule has 2 atom stereocenters. The van der Waals surface area contributed by atoms with Crippen molar-refractivity contribution in [2.24, 2.45) is 0 Å². The molecule has 0 aromatic rings. The Bertz CT molecular complexity index is 346. The van der Waals surface area contributed by atoms with Gasteiger partial charge in [0.2, 0.25) is 0 Å². The van der Waals surface area contributed by atoms with E-state index in [2.05, 4.69) is 10.6 Å². The molecule has 2 fully saturated rings. The van der Waals surface area contributed by atoms with Crippen molar-refractivity contribution in [1.82, 2.24) is 10.6 Å². The fraction of sp³-hybridized carbons (Fsp3) is 0.938. The number of hydrogen-bond donors (Lipinski definition) is 3. The summed E-state index contributed by atoms with van der Waals surface area (Å²) in [6, 6.07) is 0.962. The molecule has 3 N–H and O–H groups in total. The van der Waals surface area contributed by atoms with E-state index in [4.69, 9.17) is 4.74 Å². The molecule has 0 aromatic carbocycles. The minimum atomic E-state index is -0.453. The van der Waals surface area contributed by atoms with Crippen LogP contribution in [0.3, 0.4) is 0 Å². The van der Waals surface area contributed by atoms with Gasteiger partial charge in [-0.1, -0.05) is 0 Å². The number of nitrogens with one attached hydrogen (secondary N) is 2. The van der Waals surface area contributed by atoms with Crippen LogP contribution < -0.4 is 10.6 Å². The van der Waals surface area contributed by atoms with Gasteiger partial charge in [-0.05, 0) is 65.7 Å². The molecule has 2 rings (SSSR count). The summed E-state index contributed by atoms with van der Waals surface area (Å²) < 4.78 is 5.34. The number of carbonyl (C=O) groups excluding carboxylic acids is 1. The predicted molar refractivity (Wildman–Crippen MR) is 82.2 cm³/mol. The van der Waals surface area contributed by atoms with E-state index < -0.39 is 5.60 Å². The molecular weight excluding hydrogens is 268 g/mol. The Morgan fingerprint density at radius 3 is 2.29 bits per heavy atom. The summed E-state index contributed by atoms with van der Waals surface area (Å²) in [4.78, 5) is 11.9. The largest absolute Gasteiger partial charge is 0.444 e. The van der Waals surface area contributed by atoms with Crippen LogP contribution in [0.5, 0.6) is 0 Å². The first-order valence-corrected chi connectivity index (χ1v) is 8.27. The standard InChI is InChI=1S/C16H30N2O3/c1-16(2,3)21-15(20)18-14-6-4-5-13(14)17-11-7-9-12(19)10-8-11/h11-14,17,19H,4-10H2,1-3H3,(H,18,20)/t11?,12?,13-,14+/m1/s1. The maximum atomic E-state index is 11.9. The van der Waals surface area contributed by atoms with Crippen molar-refractivity contribution in [1.29, 1.82) is 0 Å². The van der Waals surface area contributed by atoms with Gasteiger partial charge in [0.05, 0.1) is 6.10 Å². The maximum Gasteiger partial charge on any atom is 0.407 e. The average Bonchev–Trinajstić information content (AvgIpc) is 2.77. The lowest BCUT2D eigenvalue weighted by molar-refractivity contribution is 0.0494. The minimum Gasteiger partial charge on any atom is -0.444 e. The second-order valence-corrected chi connectivity index (χ2v) is 7.46. The zero-order chi connectivity index (χ0) is 15.5. The summed E-state index contributed by atoms with van der Waals surface area (Å²) in [7, 11) is 0. The van der Waals surface area contributed by atoms with Crippen LogP contribution in [-0.4, -0.2) is 41.0 Å². The van der Waals surface area contributed by atoms with Gasteiger partial charge in [-0.3, -0.25) is 0 Å². The molecule has 0 aliphatic heterocycles. The lowest BCUT2D eigenvalue weighted by Gasteiger charge is -2.32. The monoisotopic (exact) mass is 298 g/mol. The van der Waals surface area contributed by atoms with E-state index >= 15 is 0 Å². The number of aliphatic hydroxyl groups is 1. The molecule has 5 nitrogen and oxygen atoms in total. The molecule has 0 bridgehead atoms. The van der Waals surface area contributed by atoms with Crippen molar-refractivity contribution in [3.05, 3.63) is 0 Å². The third-order valence-corrected chi connectivity index (χ3v) is 4.36. The van der Waals surface area contributed by atoms with Gasteiger partial charge in [-0.2, -0.15) is 0 Å². The third-order valence-electron chi connectivity index (χ3n) is 4.36. The van der Waals surface area contributed by atoms with E-state index in [1.807, 2.05) is 20.8 Å². The van der Waals surface area contributed by atoms with Gasteiger partial charge in [0.15, 0.2) is 0 Å². The van der Waals surface area contributed by atoms with Crippen molar-refractivity contribution >= 4 is 6.09 Å². The molecule has 1 amide bonds. The highest BCUT2D eigenvalue weighted by atomic mass is 16.6. The molecule has 0 unspecified atom stereocenters. The molecule has 2 aliphatic carbocycles. The predicted octanol–water partition coefficient (Wildman–Crippen LogP) is 2.33. The summed E-state index contributed by atoms with van der Waals surface area (Å²) in [5.74, 6) is 0. The molecule has 0 spiro atoms. The quantitative estimate of drug-likeness (QED) is 0.748. The number of ether oxygens (including phenoxy) is 1. The average molecular weight is 298 g/mol. The van der Waals surface area contributed by atoms with Crippen LogP contribution in [0, 0.1) is 0 Å². The Labute approximate surface area is 127 Å². The molecule has 0 heterocycles. The van der Waals surface area contributed by atoms with Crippen LogP contribution >= 0.6 is 0 Å². The van der Waals surface area contributed by atoms with Crippen LogP contribution in [-0.2, 0) is 4.74 Å². The van der Waals surface area contributed by atoms with Gasteiger partial charge in [0.25, 0.3) is 0 Å². The summed E-state index contributed by atoms with van der Waals surface area (Å²) >= 11 is 0. The topological polar surface area (TPSA) is 70.6 Å². The lowest BCUT2D eigenvalue weighted by atomic mass is 9.92. The Hall–Kier alpha value is -0.810. The van der Waals surface area contributed by atoms with Crippen LogP contribution in [0.2, 0.25) is 0 Å². The highest BCUT2D eigenvalue weighted by molar-refractivity contribution is 5.68.